The van der Waals surface area contributed by atoms with Crippen LogP contribution >= 0.6 is 0 Å². The lowest BCUT2D eigenvalue weighted by Gasteiger charge is -2.15. The molecule has 1 N–H and O–H groups in total. The van der Waals surface area contributed by atoms with Gasteiger partial charge in [0.05, 0.1) is 6.10 Å². The largest absolute Gasteiger partial charge is 0.392 e. The van der Waals surface area contributed by atoms with Crippen LogP contribution in [0.2, 0.25) is 0 Å². The average Bonchev–Trinajstić information content (AvgIpc) is 2.75. The van der Waals surface area contributed by atoms with Crippen molar-refractivity contribution in [3.63, 3.8) is 0 Å². The molecule has 5 atom stereocenters. The lowest BCUT2D eigenvalue weighted by molar-refractivity contribution is 0.125. The standard InChI is InChI=1S/C15H23N3O/c1-2-5-18-12(16-8-17-18)7-11(19)15-13-9-3-4-10(6-9)14(13)15/h8-11,13-15,19H,2-7H2,1H3. The summed E-state index contributed by atoms with van der Waals surface area (Å²) in [6.07, 6.45) is 7.46. The second kappa shape index (κ2) is 4.30. The molecule has 0 amide bonds. The second-order valence-electron chi connectivity index (χ2n) is 6.74. The fourth-order valence-electron chi connectivity index (χ4n) is 5.07. The van der Waals surface area contributed by atoms with E-state index < -0.39 is 0 Å². The fourth-order valence-corrected chi connectivity index (χ4v) is 5.07. The zero-order valence-electron chi connectivity index (χ0n) is 11.6. The summed E-state index contributed by atoms with van der Waals surface area (Å²) >= 11 is 0. The van der Waals surface area contributed by atoms with E-state index in [2.05, 4.69) is 17.0 Å². The SMILES string of the molecule is CCCn1ncnc1CC(O)C1C2C3CCC(C3)C12. The zero-order valence-corrected chi connectivity index (χ0v) is 11.6. The number of fused-ring (bicyclic) bond motifs is 5. The Kier molecular flexibility index (Phi) is 2.69. The third-order valence-electron chi connectivity index (χ3n) is 5.76. The summed E-state index contributed by atoms with van der Waals surface area (Å²) in [5.41, 5.74) is 0. The fraction of sp³-hybridized carbons (Fsp3) is 0.867. The van der Waals surface area contributed by atoms with Crippen LogP contribution in [0, 0.1) is 29.6 Å². The Morgan fingerprint density at radius 3 is 2.79 bits per heavy atom. The van der Waals surface area contributed by atoms with E-state index in [9.17, 15) is 5.11 Å². The molecule has 2 bridgehead atoms. The number of hydrogen-bond donors (Lipinski definition) is 1. The first-order valence-corrected chi connectivity index (χ1v) is 7.84. The molecule has 0 aromatic carbocycles. The summed E-state index contributed by atoms with van der Waals surface area (Å²) < 4.78 is 1.95. The molecule has 0 saturated heterocycles. The van der Waals surface area contributed by atoms with Gasteiger partial charge in [-0.05, 0) is 55.3 Å². The third-order valence-corrected chi connectivity index (χ3v) is 5.76. The molecule has 3 fully saturated rings. The van der Waals surface area contributed by atoms with Crippen LogP contribution in [-0.2, 0) is 13.0 Å². The number of rotatable bonds is 5. The van der Waals surface area contributed by atoms with E-state index >= 15 is 0 Å². The average molecular weight is 261 g/mol. The summed E-state index contributed by atoms with van der Waals surface area (Å²) in [6.45, 7) is 3.05. The van der Waals surface area contributed by atoms with Crippen molar-refractivity contribution in [1.29, 1.82) is 0 Å². The van der Waals surface area contributed by atoms with Gasteiger partial charge in [-0.25, -0.2) is 4.98 Å². The van der Waals surface area contributed by atoms with Gasteiger partial charge in [0.15, 0.2) is 0 Å². The molecule has 4 rings (SSSR count). The number of aryl methyl sites for hydroxylation is 1. The van der Waals surface area contributed by atoms with Crippen molar-refractivity contribution in [2.24, 2.45) is 29.6 Å². The highest BCUT2D eigenvalue weighted by Gasteiger charge is 2.66. The van der Waals surface area contributed by atoms with Crippen molar-refractivity contribution < 1.29 is 5.11 Å². The van der Waals surface area contributed by atoms with Crippen LogP contribution in [0.15, 0.2) is 6.33 Å². The highest BCUT2D eigenvalue weighted by molar-refractivity contribution is 5.15. The molecule has 4 nitrogen and oxygen atoms in total. The van der Waals surface area contributed by atoms with Crippen molar-refractivity contribution in [3.8, 4) is 0 Å². The maximum atomic E-state index is 10.5. The van der Waals surface area contributed by atoms with Gasteiger partial charge in [-0.2, -0.15) is 5.10 Å². The van der Waals surface area contributed by atoms with E-state index in [1.165, 1.54) is 19.3 Å². The molecule has 0 spiro atoms. The van der Waals surface area contributed by atoms with Gasteiger partial charge in [0.2, 0.25) is 0 Å². The van der Waals surface area contributed by atoms with Crippen LogP contribution < -0.4 is 0 Å². The minimum absolute atomic E-state index is 0.196. The van der Waals surface area contributed by atoms with Crippen LogP contribution in [0.1, 0.15) is 38.4 Å². The van der Waals surface area contributed by atoms with E-state index in [0.717, 1.165) is 42.5 Å². The summed E-state index contributed by atoms with van der Waals surface area (Å²) in [4.78, 5) is 4.32. The Bertz CT molecular complexity index is 456. The van der Waals surface area contributed by atoms with Gasteiger partial charge in [0, 0.05) is 13.0 Å². The lowest BCUT2D eigenvalue weighted by Crippen LogP contribution is -2.21. The summed E-state index contributed by atoms with van der Waals surface area (Å²) in [5, 5.41) is 14.8. The Balaban J connectivity index is 1.42. The van der Waals surface area contributed by atoms with Crippen molar-refractivity contribution in [3.05, 3.63) is 12.2 Å². The molecule has 5 unspecified atom stereocenters. The summed E-state index contributed by atoms with van der Waals surface area (Å²) in [7, 11) is 0. The number of hydrogen-bond acceptors (Lipinski definition) is 3. The topological polar surface area (TPSA) is 50.9 Å². The zero-order chi connectivity index (χ0) is 13.0. The van der Waals surface area contributed by atoms with Crippen molar-refractivity contribution in [2.45, 2.75) is 51.7 Å². The Morgan fingerprint density at radius 2 is 2.11 bits per heavy atom. The Hall–Kier alpha value is -0.900. The first-order chi connectivity index (χ1) is 9.29. The molecule has 3 aliphatic carbocycles. The number of aliphatic hydroxyl groups is 1. The summed E-state index contributed by atoms with van der Waals surface area (Å²) in [5.74, 6) is 5.09. The number of aromatic nitrogens is 3. The van der Waals surface area contributed by atoms with Gasteiger partial charge < -0.3 is 5.11 Å². The first kappa shape index (κ1) is 11.9. The van der Waals surface area contributed by atoms with Crippen LogP contribution in [0.4, 0.5) is 0 Å². The van der Waals surface area contributed by atoms with Crippen molar-refractivity contribution in [1.82, 2.24) is 14.8 Å². The minimum Gasteiger partial charge on any atom is -0.392 e. The molecule has 1 aromatic heterocycles. The van der Waals surface area contributed by atoms with E-state index in [1.54, 1.807) is 6.33 Å². The predicted molar refractivity (Wildman–Crippen MR) is 71.3 cm³/mol. The van der Waals surface area contributed by atoms with E-state index in [-0.39, 0.29) is 6.10 Å². The smallest absolute Gasteiger partial charge is 0.138 e. The highest BCUT2D eigenvalue weighted by atomic mass is 16.3. The van der Waals surface area contributed by atoms with Gasteiger partial charge in [-0.15, -0.1) is 0 Å². The molecule has 104 valence electrons. The molecule has 4 heteroatoms. The summed E-state index contributed by atoms with van der Waals surface area (Å²) in [6, 6.07) is 0. The van der Waals surface area contributed by atoms with Crippen LogP contribution in [0.25, 0.3) is 0 Å². The monoisotopic (exact) mass is 261 g/mol. The highest BCUT2D eigenvalue weighted by Crippen LogP contribution is 2.70. The molecule has 1 heterocycles. The first-order valence-electron chi connectivity index (χ1n) is 7.84. The van der Waals surface area contributed by atoms with Crippen molar-refractivity contribution in [2.75, 3.05) is 0 Å². The molecular formula is C15H23N3O. The van der Waals surface area contributed by atoms with Gasteiger partial charge in [0.1, 0.15) is 12.2 Å². The quantitative estimate of drug-likeness (QED) is 0.880. The van der Waals surface area contributed by atoms with E-state index in [1.807, 2.05) is 4.68 Å². The third kappa shape index (κ3) is 1.76. The second-order valence-corrected chi connectivity index (χ2v) is 6.74. The van der Waals surface area contributed by atoms with Gasteiger partial charge in [-0.3, -0.25) is 4.68 Å². The van der Waals surface area contributed by atoms with E-state index in [0.29, 0.717) is 12.3 Å². The molecule has 0 radical (unpaired) electrons. The normalized spacial score (nSPS) is 40.4. The van der Waals surface area contributed by atoms with E-state index in [4.69, 9.17) is 0 Å². The van der Waals surface area contributed by atoms with Crippen molar-refractivity contribution >= 4 is 0 Å². The number of nitrogens with zero attached hydrogens (tertiary/aromatic N) is 3. The van der Waals surface area contributed by atoms with Crippen LogP contribution in [0.3, 0.4) is 0 Å². The Morgan fingerprint density at radius 1 is 1.37 bits per heavy atom. The molecule has 1 aromatic rings. The molecule has 3 saturated carbocycles. The molecular weight excluding hydrogens is 238 g/mol. The van der Waals surface area contributed by atoms with Gasteiger partial charge >= 0.3 is 0 Å². The lowest BCUT2D eigenvalue weighted by atomic mass is 9.97. The Labute approximate surface area is 114 Å². The number of aliphatic hydroxyl groups excluding tert-OH is 1. The molecule has 3 aliphatic rings. The predicted octanol–water partition coefficient (Wildman–Crippen LogP) is 1.88. The minimum atomic E-state index is -0.196. The van der Waals surface area contributed by atoms with Gasteiger partial charge in [-0.1, -0.05) is 6.92 Å². The maximum Gasteiger partial charge on any atom is 0.138 e. The van der Waals surface area contributed by atoms with Gasteiger partial charge in [0.25, 0.3) is 0 Å². The van der Waals surface area contributed by atoms with Crippen LogP contribution in [0.5, 0.6) is 0 Å². The molecule has 0 aliphatic heterocycles. The maximum absolute atomic E-state index is 10.5. The van der Waals surface area contributed by atoms with Crippen LogP contribution in [-0.4, -0.2) is 26.0 Å². The molecule has 19 heavy (non-hydrogen) atoms.